The first-order valence-corrected chi connectivity index (χ1v) is 7.12. The van der Waals surface area contributed by atoms with Crippen molar-refractivity contribution in [3.8, 4) is 22.9 Å². The van der Waals surface area contributed by atoms with E-state index < -0.39 is 0 Å². The molecule has 0 saturated carbocycles. The van der Waals surface area contributed by atoms with Gasteiger partial charge in [0, 0.05) is 0 Å². The Morgan fingerprint density at radius 1 is 0.727 bits per heavy atom. The van der Waals surface area contributed by atoms with E-state index in [2.05, 4.69) is 30.3 Å². The van der Waals surface area contributed by atoms with Crippen LogP contribution in [0.3, 0.4) is 0 Å². The van der Waals surface area contributed by atoms with Crippen LogP contribution in [0.2, 0.25) is 0 Å². The molecule has 0 aliphatic heterocycles. The second-order valence-corrected chi connectivity index (χ2v) is 4.99. The molecule has 0 unspecified atom stereocenters. The molecule has 0 radical (unpaired) electrons. The van der Waals surface area contributed by atoms with E-state index in [0.717, 1.165) is 11.3 Å². The van der Waals surface area contributed by atoms with E-state index in [0.29, 0.717) is 12.2 Å². The lowest BCUT2D eigenvalue weighted by Crippen LogP contribution is -1.95. The van der Waals surface area contributed by atoms with E-state index in [1.54, 1.807) is 12.1 Å². The van der Waals surface area contributed by atoms with Crippen molar-refractivity contribution in [3.05, 3.63) is 90.0 Å². The molecule has 0 aliphatic rings. The molecule has 2 heteroatoms. The Morgan fingerprint density at radius 2 is 1.36 bits per heavy atom. The van der Waals surface area contributed by atoms with Gasteiger partial charge in [0.1, 0.15) is 12.4 Å². The van der Waals surface area contributed by atoms with Crippen LogP contribution in [-0.2, 0) is 6.61 Å². The van der Waals surface area contributed by atoms with Crippen molar-refractivity contribution in [3.63, 3.8) is 0 Å². The van der Waals surface area contributed by atoms with Crippen LogP contribution < -0.4 is 4.74 Å². The Balaban J connectivity index is 1.65. The topological polar surface area (TPSA) is 33.0 Å². The lowest BCUT2D eigenvalue weighted by atomic mass is 10.1. The number of rotatable bonds is 4. The monoisotopic (exact) mass is 285 g/mol. The minimum atomic E-state index is 0.496. The highest BCUT2D eigenvalue weighted by molar-refractivity contribution is 5.63. The van der Waals surface area contributed by atoms with Crippen molar-refractivity contribution < 1.29 is 4.74 Å². The van der Waals surface area contributed by atoms with Crippen molar-refractivity contribution >= 4 is 0 Å². The molecule has 0 spiro atoms. The van der Waals surface area contributed by atoms with Gasteiger partial charge < -0.3 is 4.74 Å². The fourth-order valence-electron chi connectivity index (χ4n) is 2.22. The van der Waals surface area contributed by atoms with Gasteiger partial charge in [-0.2, -0.15) is 5.26 Å². The maximum absolute atomic E-state index is 8.78. The fraction of sp³-hybridized carbons (Fsp3) is 0.0500. The van der Waals surface area contributed by atoms with E-state index in [-0.39, 0.29) is 0 Å². The summed E-state index contributed by atoms with van der Waals surface area (Å²) in [6.45, 7) is 0.496. The van der Waals surface area contributed by atoms with Crippen LogP contribution in [0.4, 0.5) is 0 Å². The Hall–Kier alpha value is -3.05. The Morgan fingerprint density at radius 3 is 2.00 bits per heavy atom. The van der Waals surface area contributed by atoms with Crippen LogP contribution in [0.15, 0.2) is 78.9 Å². The molecule has 22 heavy (non-hydrogen) atoms. The van der Waals surface area contributed by atoms with Gasteiger partial charge in [-0.3, -0.25) is 0 Å². The van der Waals surface area contributed by atoms with Crippen LogP contribution in [0, 0.1) is 11.3 Å². The van der Waals surface area contributed by atoms with Gasteiger partial charge in [-0.15, -0.1) is 0 Å². The average Bonchev–Trinajstić information content (AvgIpc) is 2.61. The Kier molecular flexibility index (Phi) is 4.17. The van der Waals surface area contributed by atoms with E-state index in [9.17, 15) is 0 Å². The molecule has 0 atom stereocenters. The molecule has 0 amide bonds. The quantitative estimate of drug-likeness (QED) is 0.689. The number of hydrogen-bond acceptors (Lipinski definition) is 2. The molecule has 0 saturated heterocycles. The van der Waals surface area contributed by atoms with Gasteiger partial charge in [0.15, 0.2) is 0 Å². The van der Waals surface area contributed by atoms with Gasteiger partial charge in [0.25, 0.3) is 0 Å². The third-order valence-corrected chi connectivity index (χ3v) is 3.45. The molecular formula is C20H15NO. The van der Waals surface area contributed by atoms with Crippen LogP contribution >= 0.6 is 0 Å². The number of nitrogens with zero attached hydrogens (tertiary/aromatic N) is 1. The SMILES string of the molecule is N#Cc1ccc(COc2ccc(-c3ccccc3)cc2)cc1. The molecule has 0 fully saturated rings. The summed E-state index contributed by atoms with van der Waals surface area (Å²) in [5.74, 6) is 0.837. The minimum absolute atomic E-state index is 0.496. The summed E-state index contributed by atoms with van der Waals surface area (Å²) in [6.07, 6.45) is 0. The second kappa shape index (κ2) is 6.60. The summed E-state index contributed by atoms with van der Waals surface area (Å²) in [7, 11) is 0. The molecule has 0 aliphatic carbocycles. The molecule has 3 aromatic rings. The number of hydrogen-bond donors (Lipinski definition) is 0. The maximum atomic E-state index is 8.78. The summed E-state index contributed by atoms with van der Waals surface area (Å²) in [4.78, 5) is 0. The first-order valence-electron chi connectivity index (χ1n) is 7.12. The molecule has 2 nitrogen and oxygen atoms in total. The van der Waals surface area contributed by atoms with E-state index in [1.165, 1.54) is 11.1 Å². The first-order chi connectivity index (χ1) is 10.8. The Labute approximate surface area is 130 Å². The largest absolute Gasteiger partial charge is 0.489 e. The molecule has 0 bridgehead atoms. The molecule has 3 rings (SSSR count). The van der Waals surface area contributed by atoms with Crippen molar-refractivity contribution in [2.24, 2.45) is 0 Å². The zero-order valence-corrected chi connectivity index (χ0v) is 12.1. The van der Waals surface area contributed by atoms with Gasteiger partial charge in [-0.25, -0.2) is 0 Å². The highest BCUT2D eigenvalue weighted by Crippen LogP contribution is 2.22. The van der Waals surface area contributed by atoms with Gasteiger partial charge in [0.05, 0.1) is 11.6 Å². The van der Waals surface area contributed by atoms with Gasteiger partial charge >= 0.3 is 0 Å². The van der Waals surface area contributed by atoms with Crippen LogP contribution in [0.25, 0.3) is 11.1 Å². The zero-order chi connectivity index (χ0) is 15.2. The van der Waals surface area contributed by atoms with Gasteiger partial charge in [-0.05, 0) is 41.0 Å². The predicted octanol–water partition coefficient (Wildman–Crippen LogP) is 4.80. The molecule has 0 N–H and O–H groups in total. The average molecular weight is 285 g/mol. The van der Waals surface area contributed by atoms with E-state index in [1.807, 2.05) is 42.5 Å². The maximum Gasteiger partial charge on any atom is 0.119 e. The van der Waals surface area contributed by atoms with Gasteiger partial charge in [0.2, 0.25) is 0 Å². The van der Waals surface area contributed by atoms with Crippen LogP contribution in [0.1, 0.15) is 11.1 Å². The summed E-state index contributed by atoms with van der Waals surface area (Å²) >= 11 is 0. The lowest BCUT2D eigenvalue weighted by Gasteiger charge is -2.07. The van der Waals surface area contributed by atoms with Crippen molar-refractivity contribution in [2.75, 3.05) is 0 Å². The molecule has 0 heterocycles. The number of benzene rings is 3. The molecular weight excluding hydrogens is 270 g/mol. The standard InChI is InChI=1S/C20H15NO/c21-14-16-6-8-17(9-7-16)15-22-20-12-10-19(11-13-20)18-4-2-1-3-5-18/h1-13H,15H2. The smallest absolute Gasteiger partial charge is 0.119 e. The van der Waals surface area contributed by atoms with Crippen LogP contribution in [0.5, 0.6) is 5.75 Å². The first kappa shape index (κ1) is 13.9. The fourth-order valence-corrected chi connectivity index (χ4v) is 2.22. The normalized spacial score (nSPS) is 9.95. The Bertz CT molecular complexity index is 769. The third-order valence-electron chi connectivity index (χ3n) is 3.45. The zero-order valence-electron chi connectivity index (χ0n) is 12.1. The highest BCUT2D eigenvalue weighted by atomic mass is 16.5. The lowest BCUT2D eigenvalue weighted by molar-refractivity contribution is 0.306. The minimum Gasteiger partial charge on any atom is -0.489 e. The molecule has 106 valence electrons. The third kappa shape index (κ3) is 3.34. The summed E-state index contributed by atoms with van der Waals surface area (Å²) in [5.41, 5.74) is 4.08. The predicted molar refractivity (Wildman–Crippen MR) is 87.4 cm³/mol. The highest BCUT2D eigenvalue weighted by Gasteiger charge is 1.99. The molecule has 0 aromatic heterocycles. The van der Waals surface area contributed by atoms with Crippen molar-refractivity contribution in [2.45, 2.75) is 6.61 Å². The van der Waals surface area contributed by atoms with E-state index in [4.69, 9.17) is 10.00 Å². The molecule has 3 aromatic carbocycles. The van der Waals surface area contributed by atoms with E-state index >= 15 is 0 Å². The van der Waals surface area contributed by atoms with Crippen molar-refractivity contribution in [1.29, 1.82) is 5.26 Å². The second-order valence-electron chi connectivity index (χ2n) is 4.99. The van der Waals surface area contributed by atoms with Crippen LogP contribution in [-0.4, -0.2) is 0 Å². The number of nitriles is 1. The van der Waals surface area contributed by atoms with Crippen molar-refractivity contribution in [1.82, 2.24) is 0 Å². The van der Waals surface area contributed by atoms with Gasteiger partial charge in [-0.1, -0.05) is 54.6 Å². The summed E-state index contributed by atoms with van der Waals surface area (Å²) in [5, 5.41) is 8.78. The summed E-state index contributed by atoms with van der Waals surface area (Å²) in [6, 6.07) is 27.9. The summed E-state index contributed by atoms with van der Waals surface area (Å²) < 4.78 is 5.77. The number of ether oxygens (including phenoxy) is 1.